The molecule has 4 heteroatoms. The average Bonchev–Trinajstić information content (AvgIpc) is 2.98. The number of rotatable bonds is 6. The van der Waals surface area contributed by atoms with Crippen LogP contribution in [-0.2, 0) is 11.3 Å². The van der Waals surface area contributed by atoms with Crippen LogP contribution in [-0.4, -0.2) is 21.8 Å². The topological polar surface area (TPSA) is 51.1 Å². The second kappa shape index (κ2) is 7.78. The third kappa shape index (κ3) is 4.85. The van der Waals surface area contributed by atoms with Gasteiger partial charge in [0.1, 0.15) is 0 Å². The molecule has 0 fully saturated rings. The van der Waals surface area contributed by atoms with Crippen molar-refractivity contribution >= 4 is 22.6 Å². The number of hydrogen-bond donors (Lipinski definition) is 1. The first-order valence-corrected chi connectivity index (χ1v) is 9.29. The molecule has 1 N–H and O–H groups in total. The zero-order valence-electron chi connectivity index (χ0n) is 16.2. The minimum atomic E-state index is -0.286. The van der Waals surface area contributed by atoms with Crippen molar-refractivity contribution in [1.29, 1.82) is 0 Å². The van der Waals surface area contributed by atoms with Gasteiger partial charge in [-0.3, -0.25) is 9.59 Å². The molecule has 140 valence electrons. The number of amides is 1. The fraction of sp³-hybridized carbons (Fsp3) is 0.304. The third-order valence-electron chi connectivity index (χ3n) is 4.38. The fourth-order valence-electron chi connectivity index (χ4n) is 3.22. The van der Waals surface area contributed by atoms with E-state index >= 15 is 0 Å². The van der Waals surface area contributed by atoms with Crippen LogP contribution in [0, 0.1) is 0 Å². The molecule has 0 radical (unpaired) electrons. The van der Waals surface area contributed by atoms with Crippen molar-refractivity contribution in [2.45, 2.75) is 45.7 Å². The van der Waals surface area contributed by atoms with E-state index in [-0.39, 0.29) is 30.1 Å². The Labute approximate surface area is 160 Å². The van der Waals surface area contributed by atoms with E-state index in [0.29, 0.717) is 12.1 Å². The Morgan fingerprint density at radius 3 is 2.30 bits per heavy atom. The second-order valence-electron chi connectivity index (χ2n) is 7.89. The van der Waals surface area contributed by atoms with Crippen LogP contribution in [0.3, 0.4) is 0 Å². The van der Waals surface area contributed by atoms with Crippen LogP contribution in [0.4, 0.5) is 0 Å². The van der Waals surface area contributed by atoms with Crippen molar-refractivity contribution in [1.82, 2.24) is 9.88 Å². The highest BCUT2D eigenvalue weighted by atomic mass is 16.2. The van der Waals surface area contributed by atoms with Crippen molar-refractivity contribution in [3.05, 3.63) is 71.9 Å². The predicted octanol–water partition coefficient (Wildman–Crippen LogP) is 4.57. The molecule has 0 aliphatic carbocycles. The summed E-state index contributed by atoms with van der Waals surface area (Å²) in [5.74, 6) is -0.0917. The highest BCUT2D eigenvalue weighted by Crippen LogP contribution is 2.24. The molecular weight excluding hydrogens is 336 g/mol. The average molecular weight is 362 g/mol. The van der Waals surface area contributed by atoms with E-state index in [2.05, 4.69) is 22.0 Å². The molecule has 3 aromatic rings. The summed E-state index contributed by atoms with van der Waals surface area (Å²) in [6.07, 6.45) is 2.33. The smallest absolute Gasteiger partial charge is 0.220 e. The summed E-state index contributed by atoms with van der Waals surface area (Å²) in [6.45, 7) is 6.51. The second-order valence-corrected chi connectivity index (χ2v) is 7.89. The van der Waals surface area contributed by atoms with Gasteiger partial charge in [0.05, 0.1) is 0 Å². The van der Waals surface area contributed by atoms with Gasteiger partial charge in [0.25, 0.3) is 0 Å². The summed E-state index contributed by atoms with van der Waals surface area (Å²) in [5.41, 5.74) is 2.61. The van der Waals surface area contributed by atoms with Gasteiger partial charge < -0.3 is 9.88 Å². The highest BCUT2D eigenvalue weighted by molar-refractivity contribution is 6.08. The standard InChI is InChI=1S/C23H26N2O2/c1-23(2,3)24-22(27)14-13-21(26)19-16-25(15-17-9-5-4-6-10-17)20-12-8-7-11-18(19)20/h4-12,16H,13-15H2,1-3H3,(H,24,27). The Hall–Kier alpha value is -2.88. The number of carbonyl (C=O) groups is 2. The maximum atomic E-state index is 12.8. The van der Waals surface area contributed by atoms with Crippen LogP contribution in [0.15, 0.2) is 60.8 Å². The van der Waals surface area contributed by atoms with E-state index in [4.69, 9.17) is 0 Å². The number of Topliss-reactive ketones (excluding diaryl/α,β-unsaturated/α-hetero) is 1. The summed E-state index contributed by atoms with van der Waals surface area (Å²) in [6, 6.07) is 18.1. The minimum Gasteiger partial charge on any atom is -0.351 e. The molecule has 27 heavy (non-hydrogen) atoms. The van der Waals surface area contributed by atoms with Crippen LogP contribution < -0.4 is 5.32 Å². The van der Waals surface area contributed by atoms with Gasteiger partial charge in [0.2, 0.25) is 5.91 Å². The predicted molar refractivity (Wildman–Crippen MR) is 109 cm³/mol. The van der Waals surface area contributed by atoms with Crippen LogP contribution >= 0.6 is 0 Å². The maximum Gasteiger partial charge on any atom is 0.220 e. The van der Waals surface area contributed by atoms with E-state index in [9.17, 15) is 9.59 Å². The largest absolute Gasteiger partial charge is 0.351 e. The molecule has 1 aromatic heterocycles. The van der Waals surface area contributed by atoms with Gasteiger partial charge in [-0.05, 0) is 32.4 Å². The molecule has 0 aliphatic heterocycles. The van der Waals surface area contributed by atoms with Gasteiger partial charge >= 0.3 is 0 Å². The molecule has 0 spiro atoms. The first-order valence-electron chi connectivity index (χ1n) is 9.29. The number of nitrogens with zero attached hydrogens (tertiary/aromatic N) is 1. The summed E-state index contributed by atoms with van der Waals surface area (Å²) < 4.78 is 2.10. The Morgan fingerprint density at radius 2 is 1.59 bits per heavy atom. The number of nitrogens with one attached hydrogen (secondary N) is 1. The number of para-hydroxylation sites is 1. The maximum absolute atomic E-state index is 12.8. The van der Waals surface area contributed by atoms with Gasteiger partial charge in [-0.25, -0.2) is 0 Å². The zero-order valence-corrected chi connectivity index (χ0v) is 16.2. The monoisotopic (exact) mass is 362 g/mol. The lowest BCUT2D eigenvalue weighted by Gasteiger charge is -2.20. The van der Waals surface area contributed by atoms with Crippen LogP contribution in [0.25, 0.3) is 10.9 Å². The number of fused-ring (bicyclic) bond motifs is 1. The number of carbonyl (C=O) groups excluding carboxylic acids is 2. The molecule has 0 aliphatic rings. The molecular formula is C23H26N2O2. The molecule has 4 nitrogen and oxygen atoms in total. The molecule has 0 atom stereocenters. The van der Waals surface area contributed by atoms with E-state index < -0.39 is 0 Å². The van der Waals surface area contributed by atoms with E-state index in [0.717, 1.165) is 10.9 Å². The van der Waals surface area contributed by atoms with E-state index in [1.54, 1.807) is 0 Å². The lowest BCUT2D eigenvalue weighted by atomic mass is 10.0. The molecule has 3 rings (SSSR count). The number of hydrogen-bond acceptors (Lipinski definition) is 2. The molecule has 1 amide bonds. The zero-order chi connectivity index (χ0) is 19.4. The van der Waals surface area contributed by atoms with Crippen molar-refractivity contribution in [2.75, 3.05) is 0 Å². The van der Waals surface area contributed by atoms with E-state index in [1.807, 2.05) is 69.4 Å². The van der Waals surface area contributed by atoms with Gasteiger partial charge in [-0.15, -0.1) is 0 Å². The summed E-state index contributed by atoms with van der Waals surface area (Å²) >= 11 is 0. The van der Waals surface area contributed by atoms with Gasteiger partial charge in [-0.2, -0.15) is 0 Å². The van der Waals surface area contributed by atoms with Crippen molar-refractivity contribution in [3.8, 4) is 0 Å². The Morgan fingerprint density at radius 1 is 0.926 bits per heavy atom. The van der Waals surface area contributed by atoms with Crippen LogP contribution in [0.2, 0.25) is 0 Å². The summed E-state index contributed by atoms with van der Waals surface area (Å²) in [5, 5.41) is 3.84. The van der Waals surface area contributed by atoms with Gasteiger partial charge in [0, 0.05) is 47.6 Å². The Bertz CT molecular complexity index is 949. The fourth-order valence-corrected chi connectivity index (χ4v) is 3.22. The number of benzene rings is 2. The molecule has 1 heterocycles. The molecule has 0 saturated carbocycles. The first kappa shape index (κ1) is 18.9. The van der Waals surface area contributed by atoms with Gasteiger partial charge in [-0.1, -0.05) is 48.5 Å². The minimum absolute atomic E-state index is 0.00192. The summed E-state index contributed by atoms with van der Waals surface area (Å²) in [4.78, 5) is 24.8. The summed E-state index contributed by atoms with van der Waals surface area (Å²) in [7, 11) is 0. The number of ketones is 1. The lowest BCUT2D eigenvalue weighted by Crippen LogP contribution is -2.40. The number of aromatic nitrogens is 1. The highest BCUT2D eigenvalue weighted by Gasteiger charge is 2.18. The third-order valence-corrected chi connectivity index (χ3v) is 4.38. The van der Waals surface area contributed by atoms with Crippen molar-refractivity contribution < 1.29 is 9.59 Å². The molecule has 2 aromatic carbocycles. The lowest BCUT2D eigenvalue weighted by molar-refractivity contribution is -0.122. The van der Waals surface area contributed by atoms with Crippen LogP contribution in [0.1, 0.15) is 49.5 Å². The van der Waals surface area contributed by atoms with Crippen molar-refractivity contribution in [2.24, 2.45) is 0 Å². The van der Waals surface area contributed by atoms with Gasteiger partial charge in [0.15, 0.2) is 5.78 Å². The molecule has 0 bridgehead atoms. The SMILES string of the molecule is CC(C)(C)NC(=O)CCC(=O)c1cn(Cc2ccccc2)c2ccccc12. The normalized spacial score (nSPS) is 11.5. The molecule has 0 saturated heterocycles. The van der Waals surface area contributed by atoms with E-state index in [1.165, 1.54) is 5.56 Å². The molecule has 0 unspecified atom stereocenters. The first-order chi connectivity index (χ1) is 12.8. The Kier molecular flexibility index (Phi) is 5.45. The Balaban J connectivity index is 1.80. The van der Waals surface area contributed by atoms with Crippen LogP contribution in [0.5, 0.6) is 0 Å². The quantitative estimate of drug-likeness (QED) is 0.653. The van der Waals surface area contributed by atoms with Crippen molar-refractivity contribution in [3.63, 3.8) is 0 Å².